The lowest BCUT2D eigenvalue weighted by molar-refractivity contribution is -0.128. The Balaban J connectivity index is 2.68. The van der Waals surface area contributed by atoms with Crippen molar-refractivity contribution in [1.29, 1.82) is 0 Å². The van der Waals surface area contributed by atoms with E-state index in [4.69, 9.17) is 11.6 Å². The number of halogens is 1. The van der Waals surface area contributed by atoms with Gasteiger partial charge in [-0.2, -0.15) is 0 Å². The molecule has 0 spiro atoms. The molecule has 0 saturated carbocycles. The molecule has 0 unspecified atom stereocenters. The van der Waals surface area contributed by atoms with Gasteiger partial charge >= 0.3 is 0 Å². The molecule has 0 saturated heterocycles. The number of fused-ring (bicyclic) bond motifs is 1. The smallest absolute Gasteiger partial charge is 0.192 e. The van der Waals surface area contributed by atoms with Crippen LogP contribution in [-0.2, 0) is 4.79 Å². The molecule has 122 valence electrons. The molecule has 0 amide bonds. The fourth-order valence-corrected chi connectivity index (χ4v) is 2.55. The highest BCUT2D eigenvalue weighted by molar-refractivity contribution is 6.32. The molecule has 2 rings (SSSR count). The number of nitrogens with one attached hydrogen (secondary N) is 1. The third kappa shape index (κ3) is 3.23. The number of pyridine rings is 1. The monoisotopic (exact) mass is 333 g/mol. The van der Waals surface area contributed by atoms with Gasteiger partial charge in [-0.15, -0.1) is 0 Å². The lowest BCUT2D eigenvalue weighted by Gasteiger charge is -2.13. The largest absolute Gasteiger partial charge is 0.382 e. The third-order valence-corrected chi connectivity index (χ3v) is 4.48. The maximum Gasteiger partial charge on any atom is 0.192 e. The topological polar surface area (TPSA) is 70.2 Å². The Morgan fingerprint density at radius 2 is 1.83 bits per heavy atom. The maximum atomic E-state index is 12.6. The van der Waals surface area contributed by atoms with Gasteiger partial charge in [0.25, 0.3) is 0 Å². The summed E-state index contributed by atoms with van der Waals surface area (Å²) in [4.78, 5) is 27.6. The molecule has 0 bridgehead atoms. The van der Waals surface area contributed by atoms with E-state index in [1.54, 1.807) is 13.0 Å². The molecule has 4 nitrogen and oxygen atoms in total. The van der Waals surface area contributed by atoms with Gasteiger partial charge in [0.1, 0.15) is 5.60 Å². The second-order valence-electron chi connectivity index (χ2n) is 6.28. The number of rotatable bonds is 3. The average molecular weight is 334 g/mol. The van der Waals surface area contributed by atoms with Crippen molar-refractivity contribution >= 4 is 34.4 Å². The van der Waals surface area contributed by atoms with Crippen molar-refractivity contribution < 1.29 is 9.90 Å². The molecule has 1 aromatic heterocycles. The molecule has 0 aliphatic carbocycles. The highest BCUT2D eigenvalue weighted by atomic mass is 35.5. The number of hydrogen-bond donors (Lipinski definition) is 2. The molecule has 1 aromatic carbocycles. The lowest BCUT2D eigenvalue weighted by atomic mass is 10.0. The van der Waals surface area contributed by atoms with Crippen molar-refractivity contribution in [2.45, 2.75) is 40.2 Å². The minimum Gasteiger partial charge on any atom is -0.382 e. The number of benzene rings is 1. The molecule has 0 atom stereocenters. The van der Waals surface area contributed by atoms with Crippen LogP contribution in [0.25, 0.3) is 17.0 Å². The normalized spacial score (nSPS) is 12.3. The molecule has 2 aromatic rings. The van der Waals surface area contributed by atoms with E-state index in [1.807, 2.05) is 13.8 Å². The number of ketones is 1. The van der Waals surface area contributed by atoms with Crippen LogP contribution in [0.5, 0.6) is 0 Å². The second-order valence-corrected chi connectivity index (χ2v) is 6.69. The van der Waals surface area contributed by atoms with E-state index >= 15 is 0 Å². The van der Waals surface area contributed by atoms with Gasteiger partial charge in [-0.1, -0.05) is 11.6 Å². The lowest BCUT2D eigenvalue weighted by Crippen LogP contribution is -2.29. The summed E-state index contributed by atoms with van der Waals surface area (Å²) in [6.07, 6.45) is 2.81. The van der Waals surface area contributed by atoms with Gasteiger partial charge in [0, 0.05) is 21.7 Å². The number of hydrogen-bond acceptors (Lipinski definition) is 3. The third-order valence-electron chi connectivity index (χ3n) is 4.09. The summed E-state index contributed by atoms with van der Waals surface area (Å²) in [5.74, 6) is -0.429. The van der Waals surface area contributed by atoms with Gasteiger partial charge in [-0.3, -0.25) is 9.59 Å². The summed E-state index contributed by atoms with van der Waals surface area (Å²) in [5.41, 5.74) is 1.98. The van der Waals surface area contributed by atoms with Gasteiger partial charge in [0.05, 0.1) is 5.52 Å². The van der Waals surface area contributed by atoms with Crippen molar-refractivity contribution in [3.8, 4) is 0 Å². The number of aromatic amines is 1. The molecular formula is C18H20ClNO3. The Labute approximate surface area is 139 Å². The first-order valence-corrected chi connectivity index (χ1v) is 7.69. The Morgan fingerprint density at radius 3 is 2.39 bits per heavy atom. The molecule has 1 heterocycles. The summed E-state index contributed by atoms with van der Waals surface area (Å²) < 4.78 is 0. The zero-order valence-corrected chi connectivity index (χ0v) is 14.6. The van der Waals surface area contributed by atoms with Crippen LogP contribution < -0.4 is 5.43 Å². The van der Waals surface area contributed by atoms with Gasteiger partial charge in [0.2, 0.25) is 0 Å². The molecular weight excluding hydrogens is 314 g/mol. The first-order valence-electron chi connectivity index (χ1n) is 7.31. The van der Waals surface area contributed by atoms with Crippen molar-refractivity contribution in [2.75, 3.05) is 0 Å². The van der Waals surface area contributed by atoms with Crippen molar-refractivity contribution in [3.05, 3.63) is 49.8 Å². The Morgan fingerprint density at radius 1 is 1.22 bits per heavy atom. The van der Waals surface area contributed by atoms with Crippen LogP contribution >= 0.6 is 11.6 Å². The summed E-state index contributed by atoms with van der Waals surface area (Å²) >= 11 is 6.17. The first kappa shape index (κ1) is 17.4. The van der Waals surface area contributed by atoms with E-state index < -0.39 is 11.4 Å². The van der Waals surface area contributed by atoms with Crippen molar-refractivity contribution in [2.24, 2.45) is 0 Å². The van der Waals surface area contributed by atoms with Gasteiger partial charge in [0.15, 0.2) is 11.2 Å². The van der Waals surface area contributed by atoms with E-state index in [0.717, 1.165) is 11.1 Å². The Bertz CT molecular complexity index is 886. The fourth-order valence-electron chi connectivity index (χ4n) is 2.30. The Hall–Kier alpha value is -1.91. The van der Waals surface area contributed by atoms with E-state index in [2.05, 4.69) is 4.98 Å². The predicted molar refractivity (Wildman–Crippen MR) is 94.1 cm³/mol. The SMILES string of the molecule is Cc1c(Cl)cc2c(=O)c(C)c(C=CC(=O)C(C)(C)O)[nH]c2c1C. The summed E-state index contributed by atoms with van der Waals surface area (Å²) in [6, 6.07) is 1.67. The first-order chi connectivity index (χ1) is 10.5. The van der Waals surface area contributed by atoms with Crippen LogP contribution in [0.1, 0.15) is 36.2 Å². The zero-order valence-electron chi connectivity index (χ0n) is 13.9. The minimum atomic E-state index is -1.44. The predicted octanol–water partition coefficient (Wildman–Crippen LogP) is 3.46. The van der Waals surface area contributed by atoms with Crippen molar-refractivity contribution in [3.63, 3.8) is 0 Å². The molecule has 0 fully saturated rings. The highest BCUT2D eigenvalue weighted by Crippen LogP contribution is 2.26. The summed E-state index contributed by atoms with van der Waals surface area (Å²) in [6.45, 7) is 8.32. The zero-order chi connectivity index (χ0) is 17.5. The minimum absolute atomic E-state index is 0.126. The number of aryl methyl sites for hydroxylation is 1. The molecule has 0 radical (unpaired) electrons. The second kappa shape index (κ2) is 5.95. The van der Waals surface area contributed by atoms with Crippen LogP contribution in [0, 0.1) is 20.8 Å². The maximum absolute atomic E-state index is 12.6. The molecule has 2 N–H and O–H groups in total. The van der Waals surface area contributed by atoms with Gasteiger partial charge in [-0.05, 0) is 64.0 Å². The van der Waals surface area contributed by atoms with Crippen LogP contribution in [0.2, 0.25) is 5.02 Å². The van der Waals surface area contributed by atoms with E-state index in [-0.39, 0.29) is 5.43 Å². The van der Waals surface area contributed by atoms with Crippen LogP contribution in [0.15, 0.2) is 16.9 Å². The number of carbonyl (C=O) groups excluding carboxylic acids is 1. The fraction of sp³-hybridized carbons (Fsp3) is 0.333. The Kier molecular flexibility index (Phi) is 4.51. The summed E-state index contributed by atoms with van der Waals surface area (Å²) in [7, 11) is 0. The summed E-state index contributed by atoms with van der Waals surface area (Å²) in [5, 5.41) is 10.8. The molecule has 5 heteroatoms. The number of aliphatic hydroxyl groups is 1. The van der Waals surface area contributed by atoms with E-state index in [0.29, 0.717) is 27.2 Å². The van der Waals surface area contributed by atoms with Crippen LogP contribution in [-0.4, -0.2) is 21.5 Å². The van der Waals surface area contributed by atoms with E-state index in [9.17, 15) is 14.7 Å². The number of aromatic nitrogens is 1. The standard InChI is InChI=1S/C18H20ClNO3/c1-9-10(2)16-12(8-13(9)19)17(22)11(3)14(20-16)6-7-15(21)18(4,5)23/h6-8,23H,1-5H3,(H,20,22). The molecule has 0 aliphatic rings. The van der Waals surface area contributed by atoms with Gasteiger partial charge in [-0.25, -0.2) is 0 Å². The molecule has 23 heavy (non-hydrogen) atoms. The van der Waals surface area contributed by atoms with Crippen LogP contribution in [0.4, 0.5) is 0 Å². The van der Waals surface area contributed by atoms with Crippen LogP contribution in [0.3, 0.4) is 0 Å². The van der Waals surface area contributed by atoms with Gasteiger partial charge < -0.3 is 10.1 Å². The van der Waals surface area contributed by atoms with Crippen molar-refractivity contribution in [1.82, 2.24) is 4.98 Å². The molecule has 0 aliphatic heterocycles. The average Bonchev–Trinajstić information content (AvgIpc) is 2.47. The number of carbonyl (C=O) groups is 1. The number of H-pyrrole nitrogens is 1. The quantitative estimate of drug-likeness (QED) is 0.845. The highest BCUT2D eigenvalue weighted by Gasteiger charge is 2.21. The van der Waals surface area contributed by atoms with E-state index in [1.165, 1.54) is 26.0 Å².